The van der Waals surface area contributed by atoms with Crippen molar-refractivity contribution in [2.24, 2.45) is 0 Å². The van der Waals surface area contributed by atoms with Crippen LogP contribution in [0.3, 0.4) is 0 Å². The molecular formula is C78H131N3O55. The molecule has 60 atom stereocenters. The van der Waals surface area contributed by atoms with E-state index in [9.17, 15) is 162 Å². The molecule has 12 saturated heterocycles. The summed E-state index contributed by atoms with van der Waals surface area (Å²) in [6, 6.07) is -5.62. The Labute approximate surface area is 773 Å². The third kappa shape index (κ3) is 23.5. The standard InChI is InChI=1S/C78H131N3O55/c1-16-34(91)46(103)50(107)71(115-16)134-64-47(104)40(97)25(10-82)123-76(64)126-57-32(80-23(8)89)69(121-29(14-86)44(57)101)130-60-36(93)18(3)116-72(52(60)109)133-63-39(96)21(6)119-75(55(63)112)136-66-49(106)42(99)27(12-84)125-78(66)128-58-33(81-24(9)90)70(122-30(15-87)45(58)102)131-61-37(94)19(4)117-73(53(61)110)132-62-38(95)20(5)118-74(54(62)111)135-65-48(105)41(98)26(11-83)124-77(65)127-56-31(79-22(7)88)68(120-28(13-85)43(56)100)129-59-35(92)17(2)114-67(113)51(59)108/h16-21,25-78,82-87,91-113H,10-15H2,1-9H3,(H,79,88)(H,80,89)(H,81,90)/t16-,17-,18-,19-,20-,21-,25+,26+,27+,28+,29+,30+,31+,32+,33+,34-,35-,36-,37-,38-,39-,40+,41+,42+,43+,44+,45+,46+,47-,48-,49-,50+,51+,52+,53+,54+,55+,56+,57+,58+,59+,60+,61+,62+,63+,64+,65+,66+,67+,68+,69+,70+,71-,72-,73-,74-,75-,76+,77+,78+/m0/s1. The molecule has 788 valence electrons. The first kappa shape index (κ1) is 111. The first-order valence-corrected chi connectivity index (χ1v) is 44.3. The third-order valence-electron chi connectivity index (χ3n) is 26.1. The van der Waals surface area contributed by atoms with Gasteiger partial charge in [-0.1, -0.05) is 0 Å². The number of amides is 3. The fourth-order valence-corrected chi connectivity index (χ4v) is 18.2. The van der Waals surface area contributed by atoms with Gasteiger partial charge in [0.15, 0.2) is 75.5 Å². The summed E-state index contributed by atoms with van der Waals surface area (Å²) in [7, 11) is 0. The average Bonchev–Trinajstić information content (AvgIpc) is 0.776. The van der Waals surface area contributed by atoms with Gasteiger partial charge in [0.05, 0.1) is 76.3 Å². The highest BCUT2D eigenvalue weighted by Gasteiger charge is 2.64. The zero-order chi connectivity index (χ0) is 100. The first-order chi connectivity index (χ1) is 64.1. The fourth-order valence-electron chi connectivity index (χ4n) is 18.2. The van der Waals surface area contributed by atoms with E-state index in [-0.39, 0.29) is 0 Å². The Morgan fingerprint density at radius 2 is 0.382 bits per heavy atom. The Bertz CT molecular complexity index is 3730. The van der Waals surface area contributed by atoms with Crippen LogP contribution in [0, 0.1) is 0 Å². The molecule has 0 saturated carbocycles. The monoisotopic (exact) mass is 1990 g/mol. The van der Waals surface area contributed by atoms with Crippen LogP contribution in [0.4, 0.5) is 0 Å². The summed E-state index contributed by atoms with van der Waals surface area (Å²) in [6.45, 7) is 3.91. The smallest absolute Gasteiger partial charge is 0.217 e. The Balaban J connectivity index is 0.749. The van der Waals surface area contributed by atoms with Crippen LogP contribution in [0.5, 0.6) is 0 Å². The maximum Gasteiger partial charge on any atom is 0.217 e. The quantitative estimate of drug-likeness (QED) is 0.0306. The molecule has 0 aromatic rings. The molecule has 0 aromatic carbocycles. The number of hydrogen-bond donors (Lipinski definition) is 32. The maximum atomic E-state index is 13.4. The molecule has 12 aliphatic rings. The van der Waals surface area contributed by atoms with Gasteiger partial charge in [0.25, 0.3) is 0 Å². The first-order valence-electron chi connectivity index (χ1n) is 44.3. The van der Waals surface area contributed by atoms with Crippen molar-refractivity contribution in [3.05, 3.63) is 0 Å². The van der Waals surface area contributed by atoms with Gasteiger partial charge in [-0.15, -0.1) is 0 Å². The van der Waals surface area contributed by atoms with E-state index < -0.39 is 426 Å². The van der Waals surface area contributed by atoms with Crippen LogP contribution in [0.25, 0.3) is 0 Å². The van der Waals surface area contributed by atoms with Crippen molar-refractivity contribution >= 4 is 17.7 Å². The summed E-state index contributed by atoms with van der Waals surface area (Å²) >= 11 is 0. The van der Waals surface area contributed by atoms with Crippen LogP contribution in [0.1, 0.15) is 62.3 Å². The molecule has 0 spiro atoms. The van der Waals surface area contributed by atoms with Gasteiger partial charge >= 0.3 is 0 Å². The highest BCUT2D eigenvalue weighted by atomic mass is 16.8. The lowest BCUT2D eigenvalue weighted by Crippen LogP contribution is -2.70. The van der Waals surface area contributed by atoms with Gasteiger partial charge in [-0.05, 0) is 41.5 Å². The van der Waals surface area contributed by atoms with E-state index >= 15 is 0 Å². The second-order valence-corrected chi connectivity index (χ2v) is 35.7. The van der Waals surface area contributed by atoms with E-state index in [0.717, 1.165) is 20.8 Å². The summed E-state index contributed by atoms with van der Waals surface area (Å²) in [5, 5.41) is 336. The molecule has 0 radical (unpaired) electrons. The highest BCUT2D eigenvalue weighted by Crippen LogP contribution is 2.43. The number of aliphatic hydroxyl groups excluding tert-OH is 29. The molecule has 12 fully saturated rings. The Hall–Kier alpha value is -3.67. The van der Waals surface area contributed by atoms with E-state index in [1.165, 1.54) is 41.5 Å². The number of nitrogens with one attached hydrogen (secondary N) is 3. The van der Waals surface area contributed by atoms with Gasteiger partial charge in [0, 0.05) is 20.8 Å². The Kier molecular flexibility index (Phi) is 38.6. The molecule has 12 aliphatic heterocycles. The molecule has 0 aliphatic carbocycles. The Morgan fingerprint density at radius 3 is 0.625 bits per heavy atom. The number of carbonyl (C=O) groups excluding carboxylic acids is 3. The molecule has 12 rings (SSSR count). The van der Waals surface area contributed by atoms with Crippen molar-refractivity contribution in [1.82, 2.24) is 16.0 Å². The van der Waals surface area contributed by atoms with Crippen LogP contribution in [-0.2, 0) is 123 Å². The molecule has 0 aromatic heterocycles. The van der Waals surface area contributed by atoms with Crippen molar-refractivity contribution in [1.29, 1.82) is 0 Å². The third-order valence-corrected chi connectivity index (χ3v) is 26.1. The summed E-state index contributed by atoms with van der Waals surface area (Å²) in [4.78, 5) is 39.5. The summed E-state index contributed by atoms with van der Waals surface area (Å²) in [5.41, 5.74) is 0. The Morgan fingerprint density at radius 1 is 0.191 bits per heavy atom. The van der Waals surface area contributed by atoms with Gasteiger partial charge in [0.2, 0.25) is 17.7 Å². The molecule has 58 nitrogen and oxygen atoms in total. The second kappa shape index (κ2) is 47.2. The molecule has 136 heavy (non-hydrogen) atoms. The number of rotatable bonds is 31. The van der Waals surface area contributed by atoms with Crippen molar-refractivity contribution in [3.8, 4) is 0 Å². The van der Waals surface area contributed by atoms with Crippen LogP contribution >= 0.6 is 0 Å². The number of aliphatic hydroxyl groups is 29. The van der Waals surface area contributed by atoms with Crippen LogP contribution in [-0.4, -0.2) is 574 Å². The van der Waals surface area contributed by atoms with E-state index in [1.54, 1.807) is 0 Å². The maximum absolute atomic E-state index is 13.4. The lowest BCUT2D eigenvalue weighted by molar-refractivity contribution is -0.401. The number of carbonyl (C=O) groups is 3. The van der Waals surface area contributed by atoms with Crippen LogP contribution < -0.4 is 16.0 Å². The summed E-state index contributed by atoms with van der Waals surface area (Å²) in [6.07, 6.45) is -113. The molecule has 58 heteroatoms. The van der Waals surface area contributed by atoms with Crippen molar-refractivity contribution < 1.29 is 271 Å². The topological polar surface area (TPSA) is 886 Å². The number of ether oxygens (including phenoxy) is 23. The fraction of sp³-hybridized carbons (Fsp3) is 0.962. The average molecular weight is 1990 g/mol. The minimum Gasteiger partial charge on any atom is -0.394 e. The minimum atomic E-state index is -2.36. The van der Waals surface area contributed by atoms with Crippen LogP contribution in [0.2, 0.25) is 0 Å². The highest BCUT2D eigenvalue weighted by molar-refractivity contribution is 5.74. The lowest BCUT2D eigenvalue weighted by Gasteiger charge is -2.51. The van der Waals surface area contributed by atoms with Crippen molar-refractivity contribution in [3.63, 3.8) is 0 Å². The van der Waals surface area contributed by atoms with Crippen molar-refractivity contribution in [2.45, 2.75) is 431 Å². The van der Waals surface area contributed by atoms with Gasteiger partial charge in [-0.25, -0.2) is 0 Å². The zero-order valence-corrected chi connectivity index (χ0v) is 74.5. The van der Waals surface area contributed by atoms with Gasteiger partial charge in [-0.3, -0.25) is 14.4 Å². The predicted octanol–water partition coefficient (Wildman–Crippen LogP) is -20.6. The molecule has 0 unspecified atom stereocenters. The molecule has 12 heterocycles. The van der Waals surface area contributed by atoms with Gasteiger partial charge in [0.1, 0.15) is 256 Å². The lowest BCUT2D eigenvalue weighted by atomic mass is 9.94. The molecule has 32 N–H and O–H groups in total. The largest absolute Gasteiger partial charge is 0.394 e. The van der Waals surface area contributed by atoms with E-state index in [2.05, 4.69) is 16.0 Å². The molecular weight excluding hydrogens is 1860 g/mol. The second-order valence-electron chi connectivity index (χ2n) is 35.7. The predicted molar refractivity (Wildman–Crippen MR) is 421 cm³/mol. The number of hydrogen-bond acceptors (Lipinski definition) is 55. The van der Waals surface area contributed by atoms with E-state index in [4.69, 9.17) is 109 Å². The van der Waals surface area contributed by atoms with Gasteiger partial charge in [-0.2, -0.15) is 0 Å². The van der Waals surface area contributed by atoms with E-state index in [1.807, 2.05) is 0 Å². The normalized spacial score (nSPS) is 52.7. The minimum absolute atomic E-state index is 0.864. The van der Waals surface area contributed by atoms with Crippen LogP contribution in [0.15, 0.2) is 0 Å². The summed E-state index contributed by atoms with van der Waals surface area (Å²) in [5.74, 6) is -2.76. The van der Waals surface area contributed by atoms with E-state index in [0.29, 0.717) is 0 Å². The summed E-state index contributed by atoms with van der Waals surface area (Å²) < 4.78 is 137. The van der Waals surface area contributed by atoms with Crippen molar-refractivity contribution in [2.75, 3.05) is 39.6 Å². The SMILES string of the molecule is CC(=O)N[C@H]1[C@@H](O[C@@H]2[C@@H](O)[C@H](C)O[C@@H](O[C@@H]3[C@@H](O)[C@H](C)O[C@@H](O[C@H]4[C@@H](O[C@H]5[C@H](O)[C@@H](CO)O[C@H](O[C@@H]6[C@@H](O)[C@H](C)O[C@@H](O[C@@H]7[C@@H](O)[C@H](C)O[C@@H](O[C@H]8[C@@H](O[C@H]9[C@H](O)[C@@H](CO)O[C@H](O[C@@H]%10[C@@H](O)[C@H](C)O[C@@H](O)[C@@H]%10O)[C@@H]9NC(C)=O)O[C@H](CO)[C@@H](O)[C@@H]8O)[C@@H]7O)[C@@H]6O)[C@@H]5NC(C)=O)O[C@H](CO)[C@@H](O)[C@@H]4O)[C@@H]3O)[C@@H]2O)O[C@H](CO)[C@@H](O)[C@@H]1O[C@H]1O[C@H](CO)[C@@H](O)[C@H](O)[C@H]1O[C@@H]1O[C@@H](C)[C@H](O)[C@@H](O)[C@H]1O. The van der Waals surface area contributed by atoms with Gasteiger partial charge < -0.3 is 273 Å². The zero-order valence-electron chi connectivity index (χ0n) is 74.5. The molecule has 3 amide bonds. The molecule has 0 bridgehead atoms.